The molecule has 1 fully saturated rings. The van der Waals surface area contributed by atoms with Crippen LogP contribution in [-0.2, 0) is 10.0 Å². The molecule has 1 aliphatic heterocycles. The minimum atomic E-state index is -3.73. The Morgan fingerprint density at radius 3 is 2.29 bits per heavy atom. The molecule has 1 saturated heterocycles. The van der Waals surface area contributed by atoms with E-state index in [0.29, 0.717) is 5.56 Å². The first-order valence-corrected chi connectivity index (χ1v) is 11.4. The highest BCUT2D eigenvalue weighted by Crippen LogP contribution is 2.24. The number of Topliss-reactive ketones (excluding diaryl/α,β-unsaturated/α-hetero) is 1. The molecule has 1 aliphatic rings. The van der Waals surface area contributed by atoms with Crippen LogP contribution in [0.2, 0.25) is 0 Å². The van der Waals surface area contributed by atoms with Crippen molar-refractivity contribution in [2.45, 2.75) is 11.8 Å². The Bertz CT molecular complexity index is 1240. The first kappa shape index (κ1) is 21.0. The van der Waals surface area contributed by atoms with E-state index in [1.54, 1.807) is 17.0 Å². The van der Waals surface area contributed by atoms with Gasteiger partial charge < -0.3 is 10.2 Å². The fourth-order valence-electron chi connectivity index (χ4n) is 3.68. The number of fused-ring (bicyclic) bond motifs is 1. The van der Waals surface area contributed by atoms with Gasteiger partial charge in [0.1, 0.15) is 0 Å². The Balaban J connectivity index is 1.44. The van der Waals surface area contributed by atoms with E-state index in [1.165, 1.54) is 23.4 Å². The second kappa shape index (κ2) is 8.49. The summed E-state index contributed by atoms with van der Waals surface area (Å²) < 4.78 is 27.3. The predicted molar refractivity (Wildman–Crippen MR) is 120 cm³/mol. The number of anilines is 1. The molecule has 0 bridgehead atoms. The molecule has 3 aromatic rings. The number of sulfonamides is 1. The lowest BCUT2D eigenvalue weighted by molar-refractivity contribution is 0.101. The molecule has 31 heavy (non-hydrogen) atoms. The van der Waals surface area contributed by atoms with Crippen molar-refractivity contribution in [1.29, 1.82) is 0 Å². The van der Waals surface area contributed by atoms with Gasteiger partial charge in [0, 0.05) is 37.1 Å². The fourth-order valence-corrected chi connectivity index (χ4v) is 5.15. The van der Waals surface area contributed by atoms with Crippen LogP contribution in [0.1, 0.15) is 17.3 Å². The van der Waals surface area contributed by atoms with Gasteiger partial charge in [0.05, 0.1) is 10.6 Å². The van der Waals surface area contributed by atoms with Crippen LogP contribution in [0.3, 0.4) is 0 Å². The summed E-state index contributed by atoms with van der Waals surface area (Å²) in [5, 5.41) is 4.92. The second-order valence-corrected chi connectivity index (χ2v) is 9.37. The fraction of sp³-hybridized carbons (Fsp3) is 0.217. The lowest BCUT2D eigenvalue weighted by Gasteiger charge is -2.34. The molecule has 0 spiro atoms. The maximum atomic E-state index is 13.0. The quantitative estimate of drug-likeness (QED) is 0.632. The summed E-state index contributed by atoms with van der Waals surface area (Å²) in [5.41, 5.74) is 1.08. The smallest absolute Gasteiger partial charge is 0.321 e. The third-order valence-electron chi connectivity index (χ3n) is 5.44. The maximum absolute atomic E-state index is 13.0. The molecule has 1 N–H and O–H groups in total. The first-order valence-electron chi connectivity index (χ1n) is 10.0. The normalized spacial score (nSPS) is 15.1. The van der Waals surface area contributed by atoms with Crippen molar-refractivity contribution in [1.82, 2.24) is 9.21 Å². The van der Waals surface area contributed by atoms with E-state index < -0.39 is 10.0 Å². The van der Waals surface area contributed by atoms with Crippen LogP contribution in [0.4, 0.5) is 10.5 Å². The molecule has 2 amide bonds. The number of nitrogens with zero attached hydrogens (tertiary/aromatic N) is 2. The first-order chi connectivity index (χ1) is 14.9. The molecule has 1 heterocycles. The molecule has 0 saturated carbocycles. The number of benzene rings is 3. The molecule has 0 radical (unpaired) electrons. The van der Waals surface area contributed by atoms with Crippen molar-refractivity contribution < 1.29 is 18.0 Å². The number of hydrogen-bond donors (Lipinski definition) is 1. The van der Waals surface area contributed by atoms with Crippen LogP contribution < -0.4 is 5.32 Å². The SMILES string of the molecule is CC(=O)c1cccc(S(=O)(=O)N2CCN(C(=O)Nc3cccc4ccccc34)CC2)c1. The van der Waals surface area contributed by atoms with Gasteiger partial charge in [-0.05, 0) is 30.5 Å². The van der Waals surface area contributed by atoms with Crippen molar-refractivity contribution >= 4 is 38.3 Å². The number of nitrogens with one attached hydrogen (secondary N) is 1. The average Bonchev–Trinajstić information content (AvgIpc) is 2.79. The molecule has 7 nitrogen and oxygen atoms in total. The molecular weight excluding hydrogens is 414 g/mol. The molecule has 0 aliphatic carbocycles. The van der Waals surface area contributed by atoms with Crippen molar-refractivity contribution in [3.8, 4) is 0 Å². The van der Waals surface area contributed by atoms with Crippen molar-refractivity contribution in [2.24, 2.45) is 0 Å². The van der Waals surface area contributed by atoms with Gasteiger partial charge in [-0.3, -0.25) is 4.79 Å². The van der Waals surface area contributed by atoms with E-state index in [9.17, 15) is 18.0 Å². The highest BCUT2D eigenvalue weighted by molar-refractivity contribution is 7.89. The van der Waals surface area contributed by atoms with E-state index in [1.807, 2.05) is 42.5 Å². The number of piperazine rings is 1. The van der Waals surface area contributed by atoms with Crippen molar-refractivity contribution in [3.63, 3.8) is 0 Å². The summed E-state index contributed by atoms with van der Waals surface area (Å²) in [6.07, 6.45) is 0. The number of hydrogen-bond acceptors (Lipinski definition) is 4. The van der Waals surface area contributed by atoms with E-state index in [4.69, 9.17) is 0 Å². The number of rotatable bonds is 4. The molecular formula is C23H23N3O4S. The lowest BCUT2D eigenvalue weighted by Crippen LogP contribution is -2.51. The lowest BCUT2D eigenvalue weighted by atomic mass is 10.1. The summed E-state index contributed by atoms with van der Waals surface area (Å²) in [7, 11) is -3.73. The van der Waals surface area contributed by atoms with Crippen LogP contribution >= 0.6 is 0 Å². The third kappa shape index (κ3) is 4.30. The minimum Gasteiger partial charge on any atom is -0.322 e. The van der Waals surface area contributed by atoms with E-state index >= 15 is 0 Å². The van der Waals surface area contributed by atoms with E-state index in [2.05, 4.69) is 5.32 Å². The van der Waals surface area contributed by atoms with Gasteiger partial charge in [0.2, 0.25) is 10.0 Å². The highest BCUT2D eigenvalue weighted by atomic mass is 32.2. The molecule has 0 atom stereocenters. The zero-order valence-corrected chi connectivity index (χ0v) is 17.9. The molecule has 0 unspecified atom stereocenters. The monoisotopic (exact) mass is 437 g/mol. The van der Waals surface area contributed by atoms with Crippen LogP contribution in [0, 0.1) is 0 Å². The molecule has 160 valence electrons. The molecule has 0 aromatic heterocycles. The zero-order chi connectivity index (χ0) is 22.0. The highest BCUT2D eigenvalue weighted by Gasteiger charge is 2.30. The number of carbonyl (C=O) groups is 2. The predicted octanol–water partition coefficient (Wildman–Crippen LogP) is 3.58. The van der Waals surface area contributed by atoms with Crippen LogP contribution in [-0.4, -0.2) is 55.6 Å². The summed E-state index contributed by atoms with van der Waals surface area (Å²) in [6, 6.07) is 19.3. The Morgan fingerprint density at radius 2 is 1.55 bits per heavy atom. The summed E-state index contributed by atoms with van der Waals surface area (Å²) >= 11 is 0. The molecule has 8 heteroatoms. The van der Waals surface area contributed by atoms with Gasteiger partial charge in [0.15, 0.2) is 5.78 Å². The summed E-state index contributed by atoms with van der Waals surface area (Å²) in [5.74, 6) is -0.188. The molecule has 4 rings (SSSR count). The minimum absolute atomic E-state index is 0.0915. The Labute approximate surface area is 181 Å². The van der Waals surface area contributed by atoms with Gasteiger partial charge >= 0.3 is 6.03 Å². The Hall–Kier alpha value is -3.23. The number of carbonyl (C=O) groups excluding carboxylic acids is 2. The Morgan fingerprint density at radius 1 is 0.871 bits per heavy atom. The van der Waals surface area contributed by atoms with Crippen LogP contribution in [0.15, 0.2) is 71.6 Å². The second-order valence-electron chi connectivity index (χ2n) is 7.43. The van der Waals surface area contributed by atoms with Gasteiger partial charge in [-0.25, -0.2) is 13.2 Å². The third-order valence-corrected chi connectivity index (χ3v) is 7.33. The van der Waals surface area contributed by atoms with Crippen LogP contribution in [0.5, 0.6) is 0 Å². The van der Waals surface area contributed by atoms with E-state index in [-0.39, 0.29) is 42.9 Å². The topological polar surface area (TPSA) is 86.8 Å². The van der Waals surface area contributed by atoms with Gasteiger partial charge in [0.25, 0.3) is 0 Å². The van der Waals surface area contributed by atoms with Crippen molar-refractivity contribution in [2.75, 3.05) is 31.5 Å². The average molecular weight is 438 g/mol. The van der Waals surface area contributed by atoms with Gasteiger partial charge in [-0.2, -0.15) is 4.31 Å². The summed E-state index contributed by atoms with van der Waals surface area (Å²) in [4.78, 5) is 26.1. The van der Waals surface area contributed by atoms with Gasteiger partial charge in [-0.15, -0.1) is 0 Å². The summed E-state index contributed by atoms with van der Waals surface area (Å²) in [6.45, 7) is 2.34. The standard InChI is InChI=1S/C23H23N3O4S/c1-17(27)19-8-4-9-20(16-19)31(29,30)26-14-12-25(13-15-26)23(28)24-22-11-5-7-18-6-2-3-10-21(18)22/h2-11,16H,12-15H2,1H3,(H,24,28). The molecule has 3 aromatic carbocycles. The largest absolute Gasteiger partial charge is 0.322 e. The Kier molecular flexibility index (Phi) is 5.75. The number of ketones is 1. The van der Waals surface area contributed by atoms with Crippen molar-refractivity contribution in [3.05, 3.63) is 72.3 Å². The number of amides is 2. The van der Waals surface area contributed by atoms with Crippen LogP contribution in [0.25, 0.3) is 10.8 Å². The number of urea groups is 1. The van der Waals surface area contributed by atoms with E-state index in [0.717, 1.165) is 16.5 Å². The zero-order valence-electron chi connectivity index (χ0n) is 17.1. The van der Waals surface area contributed by atoms with Gasteiger partial charge in [-0.1, -0.05) is 48.5 Å². The maximum Gasteiger partial charge on any atom is 0.321 e.